The van der Waals surface area contributed by atoms with E-state index in [9.17, 15) is 5.11 Å². The Hall–Kier alpha value is -2.88. The van der Waals surface area contributed by atoms with Crippen LogP contribution in [0.15, 0.2) is 72.8 Å². The summed E-state index contributed by atoms with van der Waals surface area (Å²) >= 11 is 0. The highest BCUT2D eigenvalue weighted by Gasteiger charge is 2.24. The zero-order valence-corrected chi connectivity index (χ0v) is 19.7. The molecule has 0 saturated heterocycles. The summed E-state index contributed by atoms with van der Waals surface area (Å²) in [6.07, 6.45) is -0.410. The monoisotopic (exact) mass is 427 g/mol. The van der Waals surface area contributed by atoms with Gasteiger partial charge in [0.05, 0.1) is 30.8 Å². The maximum Gasteiger partial charge on any atom is 0.121 e. The van der Waals surface area contributed by atoms with Crippen LogP contribution >= 0.6 is 0 Å². The Labute approximate surface area is 191 Å². The number of fused-ring (bicyclic) bond motifs is 1. The van der Waals surface area contributed by atoms with Gasteiger partial charge in [-0.15, -0.1) is 0 Å². The van der Waals surface area contributed by atoms with E-state index in [0.717, 1.165) is 19.6 Å². The lowest BCUT2D eigenvalue weighted by atomic mass is 9.97. The van der Waals surface area contributed by atoms with Crippen molar-refractivity contribution in [2.45, 2.75) is 40.3 Å². The number of quaternary nitrogens is 1. The highest BCUT2D eigenvalue weighted by atomic mass is 16.3. The van der Waals surface area contributed by atoms with Crippen molar-refractivity contribution < 1.29 is 10.0 Å². The number of aromatic nitrogens is 1. The molecule has 4 rings (SSSR count). The van der Waals surface area contributed by atoms with Crippen molar-refractivity contribution >= 4 is 10.9 Å². The first-order valence-corrected chi connectivity index (χ1v) is 11.8. The van der Waals surface area contributed by atoms with Gasteiger partial charge in [-0.3, -0.25) is 0 Å². The molecular weight excluding hydrogens is 392 g/mol. The van der Waals surface area contributed by atoms with Gasteiger partial charge >= 0.3 is 0 Å². The number of nitrogens with one attached hydrogen (secondary N) is 1. The Morgan fingerprint density at radius 3 is 2.03 bits per heavy atom. The maximum absolute atomic E-state index is 11.1. The predicted molar refractivity (Wildman–Crippen MR) is 135 cm³/mol. The van der Waals surface area contributed by atoms with Crippen LogP contribution in [0.1, 0.15) is 25.0 Å². The largest absolute Gasteiger partial charge is 0.385 e. The highest BCUT2D eigenvalue weighted by molar-refractivity contribution is 6.06. The lowest BCUT2D eigenvalue weighted by molar-refractivity contribution is -0.899. The quantitative estimate of drug-likeness (QED) is 0.412. The predicted octanol–water partition coefficient (Wildman–Crippen LogP) is 4.88. The number of aliphatic hydroxyl groups excluding tert-OH is 1. The van der Waals surface area contributed by atoms with Gasteiger partial charge in [0.2, 0.25) is 0 Å². The molecule has 4 aromatic rings. The number of aryl methyl sites for hydroxylation is 2. The first-order valence-electron chi connectivity index (χ1n) is 11.8. The van der Waals surface area contributed by atoms with E-state index in [4.69, 9.17) is 0 Å². The first-order chi connectivity index (χ1) is 15.5. The van der Waals surface area contributed by atoms with E-state index >= 15 is 0 Å². The number of hydrogen-bond donors (Lipinski definition) is 2. The van der Waals surface area contributed by atoms with Gasteiger partial charge in [0.25, 0.3) is 0 Å². The summed E-state index contributed by atoms with van der Waals surface area (Å²) in [7, 11) is 0. The van der Waals surface area contributed by atoms with Crippen molar-refractivity contribution in [3.63, 3.8) is 0 Å². The van der Waals surface area contributed by atoms with Crippen molar-refractivity contribution in [3.05, 3.63) is 83.9 Å². The fourth-order valence-corrected chi connectivity index (χ4v) is 5.01. The third-order valence-electron chi connectivity index (χ3n) is 6.52. The Kier molecular flexibility index (Phi) is 6.78. The second-order valence-electron chi connectivity index (χ2n) is 8.86. The Balaban J connectivity index is 1.99. The van der Waals surface area contributed by atoms with E-state index in [0.29, 0.717) is 6.54 Å². The molecule has 166 valence electrons. The first kappa shape index (κ1) is 22.3. The van der Waals surface area contributed by atoms with Gasteiger partial charge in [-0.05, 0) is 50.5 Å². The summed E-state index contributed by atoms with van der Waals surface area (Å²) in [6, 6.07) is 25.8. The Morgan fingerprint density at radius 2 is 1.44 bits per heavy atom. The Bertz CT molecular complexity index is 1170. The number of aliphatic hydroxyl groups is 1. The van der Waals surface area contributed by atoms with Crippen LogP contribution in [-0.4, -0.2) is 35.4 Å². The summed E-state index contributed by atoms with van der Waals surface area (Å²) < 4.78 is 2.37. The molecule has 0 radical (unpaired) electrons. The van der Waals surface area contributed by atoms with Crippen LogP contribution in [0.2, 0.25) is 0 Å². The lowest BCUT2D eigenvalue weighted by Gasteiger charge is -2.22. The second-order valence-corrected chi connectivity index (χ2v) is 8.86. The minimum Gasteiger partial charge on any atom is -0.385 e. The molecule has 0 fully saturated rings. The molecule has 3 aromatic carbocycles. The Morgan fingerprint density at radius 1 is 0.844 bits per heavy atom. The third-order valence-corrected chi connectivity index (χ3v) is 6.52. The van der Waals surface area contributed by atoms with Gasteiger partial charge in [-0.25, -0.2) is 0 Å². The van der Waals surface area contributed by atoms with E-state index in [-0.39, 0.29) is 0 Å². The zero-order valence-electron chi connectivity index (χ0n) is 19.7. The third kappa shape index (κ3) is 4.36. The standard InChI is InChI=1S/C29H34N2O/c1-5-30(6-2)19-25(32)20-31-28-22(4)17-21(3)18-26(28)27(23-13-9-7-10-14-23)29(31)24-15-11-8-12-16-24/h7-18,25,32H,5-6,19-20H2,1-4H3/p+1/t25-/m1/s1. The van der Waals surface area contributed by atoms with Gasteiger partial charge in [0.15, 0.2) is 0 Å². The molecule has 3 heteroatoms. The fourth-order valence-electron chi connectivity index (χ4n) is 5.01. The number of hydrogen-bond acceptors (Lipinski definition) is 1. The minimum atomic E-state index is -0.410. The van der Waals surface area contributed by atoms with Crippen LogP contribution in [0.5, 0.6) is 0 Å². The van der Waals surface area contributed by atoms with E-state index in [2.05, 4.69) is 105 Å². The molecule has 3 nitrogen and oxygen atoms in total. The molecule has 0 bridgehead atoms. The van der Waals surface area contributed by atoms with Crippen molar-refractivity contribution in [3.8, 4) is 22.4 Å². The SMILES string of the molecule is CC[NH+](CC)C[C@@H](O)Cn1c(-c2ccccc2)c(-c2ccccc2)c2cc(C)cc(C)c21. The molecule has 0 aliphatic rings. The molecule has 2 N–H and O–H groups in total. The molecule has 1 atom stereocenters. The van der Waals surface area contributed by atoms with Crippen molar-refractivity contribution in [2.75, 3.05) is 19.6 Å². The molecule has 0 saturated carbocycles. The second kappa shape index (κ2) is 9.72. The van der Waals surface area contributed by atoms with Crippen LogP contribution in [0.25, 0.3) is 33.3 Å². The van der Waals surface area contributed by atoms with Crippen LogP contribution in [0, 0.1) is 13.8 Å². The van der Waals surface area contributed by atoms with Crippen molar-refractivity contribution in [2.24, 2.45) is 0 Å². The van der Waals surface area contributed by atoms with E-state index in [1.54, 1.807) is 0 Å². The van der Waals surface area contributed by atoms with E-state index < -0.39 is 6.10 Å². The molecule has 1 aromatic heterocycles. The summed E-state index contributed by atoms with van der Waals surface area (Å²) in [6.45, 7) is 12.1. The van der Waals surface area contributed by atoms with Crippen molar-refractivity contribution in [1.29, 1.82) is 0 Å². The van der Waals surface area contributed by atoms with Gasteiger partial charge in [-0.2, -0.15) is 0 Å². The number of benzene rings is 3. The van der Waals surface area contributed by atoms with Gasteiger partial charge < -0.3 is 14.6 Å². The normalized spacial score (nSPS) is 12.6. The average molecular weight is 428 g/mol. The van der Waals surface area contributed by atoms with Gasteiger partial charge in [-0.1, -0.05) is 72.3 Å². The molecule has 0 aliphatic heterocycles. The number of likely N-dealkylation sites (N-methyl/N-ethyl adjacent to an activating group) is 1. The molecule has 0 unspecified atom stereocenters. The molecule has 1 heterocycles. The highest BCUT2D eigenvalue weighted by Crippen LogP contribution is 2.42. The van der Waals surface area contributed by atoms with Gasteiger partial charge in [0, 0.05) is 10.9 Å². The fraction of sp³-hybridized carbons (Fsp3) is 0.310. The molecule has 0 amide bonds. The summed E-state index contributed by atoms with van der Waals surface area (Å²) in [5.41, 5.74) is 8.57. The minimum absolute atomic E-state index is 0.410. The molecule has 0 aliphatic carbocycles. The summed E-state index contributed by atoms with van der Waals surface area (Å²) in [5, 5.41) is 12.4. The van der Waals surface area contributed by atoms with Crippen LogP contribution < -0.4 is 4.90 Å². The molecular formula is C29H35N2O+. The van der Waals surface area contributed by atoms with Crippen LogP contribution in [0.4, 0.5) is 0 Å². The van der Waals surface area contributed by atoms with Crippen LogP contribution in [-0.2, 0) is 6.54 Å². The number of rotatable bonds is 8. The summed E-state index contributed by atoms with van der Waals surface area (Å²) in [5.74, 6) is 0. The lowest BCUT2D eigenvalue weighted by Crippen LogP contribution is -3.12. The topological polar surface area (TPSA) is 29.6 Å². The molecule has 0 spiro atoms. The smallest absolute Gasteiger partial charge is 0.121 e. The maximum atomic E-state index is 11.1. The number of nitrogens with zero attached hydrogens (tertiary/aromatic N) is 1. The van der Waals surface area contributed by atoms with Crippen LogP contribution in [0.3, 0.4) is 0 Å². The summed E-state index contributed by atoms with van der Waals surface area (Å²) in [4.78, 5) is 1.42. The van der Waals surface area contributed by atoms with Gasteiger partial charge in [0.1, 0.15) is 12.6 Å². The van der Waals surface area contributed by atoms with E-state index in [1.165, 1.54) is 49.3 Å². The van der Waals surface area contributed by atoms with Crippen molar-refractivity contribution in [1.82, 2.24) is 4.57 Å². The average Bonchev–Trinajstić information content (AvgIpc) is 3.12. The zero-order chi connectivity index (χ0) is 22.7. The van der Waals surface area contributed by atoms with E-state index in [1.807, 2.05) is 0 Å². The molecule has 32 heavy (non-hydrogen) atoms.